The Hall–Kier alpha value is -3.19. The molecular formula is C20H17N3O3S. The van der Waals surface area contributed by atoms with Crippen LogP contribution in [0.15, 0.2) is 47.3 Å². The molecule has 0 amide bonds. The number of fused-ring (bicyclic) bond motifs is 1. The number of aryl methyl sites for hydroxylation is 1. The van der Waals surface area contributed by atoms with Crippen molar-refractivity contribution in [3.63, 3.8) is 0 Å². The molecule has 2 aromatic heterocycles. The van der Waals surface area contributed by atoms with E-state index in [4.69, 9.17) is 9.47 Å². The van der Waals surface area contributed by atoms with Crippen molar-refractivity contribution in [1.29, 1.82) is 0 Å². The first kappa shape index (κ1) is 17.2. The minimum atomic E-state index is -0.203. The molecule has 0 fully saturated rings. The van der Waals surface area contributed by atoms with Gasteiger partial charge in [0.1, 0.15) is 11.5 Å². The highest BCUT2D eigenvalue weighted by atomic mass is 32.1. The van der Waals surface area contributed by atoms with Crippen LogP contribution in [-0.4, -0.2) is 28.8 Å². The molecule has 0 N–H and O–H groups in total. The Labute approximate surface area is 159 Å². The van der Waals surface area contributed by atoms with Crippen molar-refractivity contribution in [2.45, 2.75) is 6.92 Å². The molecule has 4 rings (SSSR count). The van der Waals surface area contributed by atoms with Gasteiger partial charge in [-0.2, -0.15) is 9.50 Å². The van der Waals surface area contributed by atoms with Gasteiger partial charge >= 0.3 is 0 Å². The van der Waals surface area contributed by atoms with E-state index in [2.05, 4.69) is 10.1 Å². The Morgan fingerprint density at radius 3 is 2.52 bits per heavy atom. The van der Waals surface area contributed by atoms with Crippen molar-refractivity contribution < 1.29 is 9.47 Å². The number of aromatic nitrogens is 3. The summed E-state index contributed by atoms with van der Waals surface area (Å²) in [6.07, 6.45) is 1.77. The van der Waals surface area contributed by atoms with Crippen molar-refractivity contribution in [3.05, 3.63) is 68.5 Å². The van der Waals surface area contributed by atoms with Gasteiger partial charge in [0, 0.05) is 11.1 Å². The first-order valence-corrected chi connectivity index (χ1v) is 9.11. The van der Waals surface area contributed by atoms with E-state index in [1.165, 1.54) is 15.9 Å². The summed E-state index contributed by atoms with van der Waals surface area (Å²) in [6.45, 7) is 2.02. The second-order valence-corrected chi connectivity index (χ2v) is 7.03. The van der Waals surface area contributed by atoms with Crippen LogP contribution in [0, 0.1) is 6.92 Å². The van der Waals surface area contributed by atoms with Crippen LogP contribution in [0.3, 0.4) is 0 Å². The van der Waals surface area contributed by atoms with Gasteiger partial charge in [0.05, 0.1) is 18.8 Å². The van der Waals surface area contributed by atoms with Crippen molar-refractivity contribution in [2.75, 3.05) is 14.2 Å². The molecule has 27 heavy (non-hydrogen) atoms. The Morgan fingerprint density at radius 1 is 1.07 bits per heavy atom. The van der Waals surface area contributed by atoms with Crippen LogP contribution in [0.4, 0.5) is 0 Å². The molecule has 0 saturated heterocycles. The normalized spacial score (nSPS) is 11.9. The molecule has 0 saturated carbocycles. The van der Waals surface area contributed by atoms with Crippen LogP contribution in [0.25, 0.3) is 22.4 Å². The molecule has 2 heterocycles. The molecule has 0 aliphatic carbocycles. The predicted molar refractivity (Wildman–Crippen MR) is 106 cm³/mol. The third kappa shape index (κ3) is 3.17. The molecule has 0 bridgehead atoms. The number of methoxy groups -OCH3 is 2. The third-order valence-electron chi connectivity index (χ3n) is 4.22. The van der Waals surface area contributed by atoms with Crippen molar-refractivity contribution in [1.82, 2.24) is 14.6 Å². The summed E-state index contributed by atoms with van der Waals surface area (Å²) in [6, 6.07) is 13.3. The Kier molecular flexibility index (Phi) is 4.37. The molecule has 2 aromatic carbocycles. The van der Waals surface area contributed by atoms with Gasteiger partial charge in [0.25, 0.3) is 5.56 Å². The number of ether oxygens (including phenoxy) is 2. The van der Waals surface area contributed by atoms with E-state index >= 15 is 0 Å². The largest absolute Gasteiger partial charge is 0.497 e. The van der Waals surface area contributed by atoms with Crippen LogP contribution in [0.1, 0.15) is 11.1 Å². The fraction of sp³-hybridized carbons (Fsp3) is 0.150. The van der Waals surface area contributed by atoms with Crippen LogP contribution in [0.5, 0.6) is 11.5 Å². The quantitative estimate of drug-likeness (QED) is 0.545. The molecule has 0 spiro atoms. The summed E-state index contributed by atoms with van der Waals surface area (Å²) in [7, 11) is 3.19. The minimum Gasteiger partial charge on any atom is -0.497 e. The van der Waals surface area contributed by atoms with Gasteiger partial charge in [0.2, 0.25) is 4.96 Å². The topological polar surface area (TPSA) is 65.7 Å². The lowest BCUT2D eigenvalue weighted by atomic mass is 10.1. The van der Waals surface area contributed by atoms with Crippen molar-refractivity contribution in [3.8, 4) is 22.9 Å². The highest BCUT2D eigenvalue weighted by Crippen LogP contribution is 2.24. The smallest absolute Gasteiger partial charge is 0.291 e. The molecule has 136 valence electrons. The molecular weight excluding hydrogens is 362 g/mol. The molecule has 4 aromatic rings. The predicted octanol–water partition coefficient (Wildman–Crippen LogP) is 2.69. The highest BCUT2D eigenvalue weighted by molar-refractivity contribution is 7.15. The van der Waals surface area contributed by atoms with E-state index in [9.17, 15) is 4.79 Å². The van der Waals surface area contributed by atoms with Crippen LogP contribution in [-0.2, 0) is 0 Å². The lowest BCUT2D eigenvalue weighted by Crippen LogP contribution is -2.23. The number of thiazole rings is 1. The Morgan fingerprint density at radius 2 is 1.85 bits per heavy atom. The average molecular weight is 379 g/mol. The zero-order valence-electron chi connectivity index (χ0n) is 15.1. The lowest BCUT2D eigenvalue weighted by Gasteiger charge is -2.06. The zero-order valence-corrected chi connectivity index (χ0v) is 15.9. The minimum absolute atomic E-state index is 0.203. The fourth-order valence-electron chi connectivity index (χ4n) is 2.75. The monoisotopic (exact) mass is 379 g/mol. The maximum Gasteiger partial charge on any atom is 0.291 e. The third-order valence-corrected chi connectivity index (χ3v) is 5.17. The van der Waals surface area contributed by atoms with E-state index in [1.54, 1.807) is 20.3 Å². The summed E-state index contributed by atoms with van der Waals surface area (Å²) < 4.78 is 12.5. The van der Waals surface area contributed by atoms with Gasteiger partial charge in [-0.3, -0.25) is 4.79 Å². The van der Waals surface area contributed by atoms with E-state index in [1.807, 2.05) is 49.4 Å². The average Bonchev–Trinajstić information content (AvgIpc) is 3.22. The van der Waals surface area contributed by atoms with E-state index in [-0.39, 0.29) is 5.56 Å². The summed E-state index contributed by atoms with van der Waals surface area (Å²) in [5, 5.41) is 4.38. The van der Waals surface area contributed by atoms with E-state index in [0.717, 1.165) is 16.7 Å². The van der Waals surface area contributed by atoms with Gasteiger partial charge in [0.15, 0.2) is 5.82 Å². The lowest BCUT2D eigenvalue weighted by molar-refractivity contribution is 0.402. The molecule has 0 unspecified atom stereocenters. The van der Waals surface area contributed by atoms with Gasteiger partial charge in [-0.15, -0.1) is 5.10 Å². The van der Waals surface area contributed by atoms with Crippen molar-refractivity contribution in [2.24, 2.45) is 0 Å². The van der Waals surface area contributed by atoms with Crippen LogP contribution in [0.2, 0.25) is 0 Å². The van der Waals surface area contributed by atoms with Gasteiger partial charge in [-0.1, -0.05) is 41.2 Å². The number of nitrogens with zero attached hydrogens (tertiary/aromatic N) is 3. The Balaban J connectivity index is 1.81. The number of hydrogen-bond acceptors (Lipinski definition) is 6. The van der Waals surface area contributed by atoms with Gasteiger partial charge in [-0.25, -0.2) is 0 Å². The second-order valence-electron chi connectivity index (χ2n) is 6.02. The molecule has 7 heteroatoms. The summed E-state index contributed by atoms with van der Waals surface area (Å²) in [5.74, 6) is 1.90. The van der Waals surface area contributed by atoms with Gasteiger partial charge in [-0.05, 0) is 31.2 Å². The van der Waals surface area contributed by atoms with E-state index in [0.29, 0.717) is 26.8 Å². The second kappa shape index (κ2) is 6.85. The van der Waals surface area contributed by atoms with Gasteiger partial charge < -0.3 is 9.47 Å². The Bertz CT molecular complexity index is 1230. The van der Waals surface area contributed by atoms with Crippen molar-refractivity contribution >= 4 is 22.4 Å². The molecule has 0 radical (unpaired) electrons. The molecule has 0 aliphatic rings. The highest BCUT2D eigenvalue weighted by Gasteiger charge is 2.12. The molecule has 0 atom stereocenters. The zero-order chi connectivity index (χ0) is 19.0. The first-order valence-electron chi connectivity index (χ1n) is 8.29. The maximum atomic E-state index is 12.8. The summed E-state index contributed by atoms with van der Waals surface area (Å²) >= 11 is 1.29. The number of hydrogen-bond donors (Lipinski definition) is 0. The number of rotatable bonds is 4. The van der Waals surface area contributed by atoms with E-state index < -0.39 is 0 Å². The standard InChI is InChI=1S/C20H17N3O3S/c1-12-4-6-13(7-5-12)18-21-20-23(22-18)19(24)17(27-20)11-14-10-15(25-2)8-9-16(14)26-3/h4-11H,1-3H3. The fourth-order valence-corrected chi connectivity index (χ4v) is 3.65. The first-order chi connectivity index (χ1) is 13.1. The number of benzene rings is 2. The summed E-state index contributed by atoms with van der Waals surface area (Å²) in [5.41, 5.74) is 2.60. The molecule has 0 aliphatic heterocycles. The maximum absolute atomic E-state index is 12.8. The molecule has 6 nitrogen and oxygen atoms in total. The summed E-state index contributed by atoms with van der Waals surface area (Å²) in [4.78, 5) is 17.8. The SMILES string of the molecule is COc1ccc(OC)c(C=c2sc3nc(-c4ccc(C)cc4)nn3c2=O)c1. The van der Waals surface area contributed by atoms with Crippen LogP contribution < -0.4 is 19.6 Å². The van der Waals surface area contributed by atoms with Crippen LogP contribution >= 0.6 is 11.3 Å².